The number of carboxylic acids is 1. The van der Waals surface area contributed by atoms with Crippen LogP contribution in [0.1, 0.15) is 18.1 Å². The topological polar surface area (TPSA) is 74.6 Å². The summed E-state index contributed by atoms with van der Waals surface area (Å²) in [5, 5.41) is 13.5. The molecule has 0 spiro atoms. The molecule has 30 heavy (non-hydrogen) atoms. The van der Waals surface area contributed by atoms with E-state index in [0.29, 0.717) is 0 Å². The van der Waals surface area contributed by atoms with Crippen LogP contribution in [0.2, 0.25) is 0 Å². The standard InChI is InChI=1S/C24H21N3O2S/c1-15-19(18-7-4-3-5-8-18)9-6-10-21(15)26-23-20-12-11-17(13-22(20)30-27-23)14-25-16(2)24(28)29/h3-14,16H,1-2H3,(H,26,27)(H,28,29). The summed E-state index contributed by atoms with van der Waals surface area (Å²) in [6.07, 6.45) is 1.60. The summed E-state index contributed by atoms with van der Waals surface area (Å²) in [6.45, 7) is 3.66. The number of anilines is 2. The van der Waals surface area contributed by atoms with Crippen molar-refractivity contribution in [1.29, 1.82) is 0 Å². The molecule has 150 valence electrons. The van der Waals surface area contributed by atoms with Crippen LogP contribution in [0.3, 0.4) is 0 Å². The molecule has 0 amide bonds. The number of fused-ring (bicyclic) bond motifs is 1. The maximum Gasteiger partial charge on any atom is 0.328 e. The molecular formula is C24H21N3O2S. The average Bonchev–Trinajstić information content (AvgIpc) is 3.16. The van der Waals surface area contributed by atoms with Crippen molar-refractivity contribution < 1.29 is 9.90 Å². The lowest BCUT2D eigenvalue weighted by atomic mass is 9.99. The van der Waals surface area contributed by atoms with Crippen LogP contribution < -0.4 is 5.32 Å². The highest BCUT2D eigenvalue weighted by molar-refractivity contribution is 7.13. The third kappa shape index (κ3) is 4.09. The largest absolute Gasteiger partial charge is 0.480 e. The molecular weight excluding hydrogens is 394 g/mol. The number of aromatic nitrogens is 1. The molecule has 1 aromatic heterocycles. The van der Waals surface area contributed by atoms with E-state index in [1.54, 1.807) is 13.1 Å². The first-order valence-corrected chi connectivity index (χ1v) is 10.4. The van der Waals surface area contributed by atoms with Crippen LogP contribution in [0.5, 0.6) is 0 Å². The lowest BCUT2D eigenvalue weighted by molar-refractivity contribution is -0.137. The minimum Gasteiger partial charge on any atom is -0.480 e. The SMILES string of the molecule is Cc1c(Nc2nsc3cc(C=NC(C)C(=O)O)ccc23)cccc1-c1ccccc1. The number of aliphatic carboxylic acids is 1. The number of hydrogen-bond donors (Lipinski definition) is 2. The fourth-order valence-corrected chi connectivity index (χ4v) is 4.00. The zero-order valence-electron chi connectivity index (χ0n) is 16.7. The van der Waals surface area contributed by atoms with E-state index < -0.39 is 12.0 Å². The fraction of sp³-hybridized carbons (Fsp3) is 0.125. The summed E-state index contributed by atoms with van der Waals surface area (Å²) in [5.41, 5.74) is 5.40. The van der Waals surface area contributed by atoms with E-state index in [9.17, 15) is 4.79 Å². The zero-order valence-corrected chi connectivity index (χ0v) is 17.5. The van der Waals surface area contributed by atoms with Gasteiger partial charge < -0.3 is 10.4 Å². The van der Waals surface area contributed by atoms with E-state index in [4.69, 9.17) is 5.11 Å². The number of nitrogens with zero attached hydrogens (tertiary/aromatic N) is 2. The van der Waals surface area contributed by atoms with Crippen LogP contribution in [-0.2, 0) is 4.79 Å². The Balaban J connectivity index is 1.62. The Hall–Kier alpha value is -3.51. The Bertz CT molecular complexity index is 1230. The number of rotatable bonds is 6. The molecule has 0 aliphatic rings. The van der Waals surface area contributed by atoms with Crippen molar-refractivity contribution in [3.05, 3.63) is 77.9 Å². The van der Waals surface area contributed by atoms with Crippen LogP contribution >= 0.6 is 11.5 Å². The lowest BCUT2D eigenvalue weighted by Crippen LogP contribution is -2.13. The monoisotopic (exact) mass is 415 g/mol. The second-order valence-corrected chi connectivity index (χ2v) is 7.85. The minimum absolute atomic E-state index is 0.765. The second kappa shape index (κ2) is 8.47. The van der Waals surface area contributed by atoms with E-state index in [1.807, 2.05) is 42.5 Å². The molecule has 5 nitrogen and oxygen atoms in total. The molecule has 6 heteroatoms. The molecule has 3 aromatic carbocycles. The van der Waals surface area contributed by atoms with Gasteiger partial charge in [-0.1, -0.05) is 48.5 Å². The molecule has 0 fully saturated rings. The normalized spacial score (nSPS) is 12.3. The molecule has 0 radical (unpaired) electrons. The van der Waals surface area contributed by atoms with Crippen LogP contribution in [0.15, 0.2) is 71.7 Å². The van der Waals surface area contributed by atoms with Gasteiger partial charge in [-0.2, -0.15) is 4.37 Å². The van der Waals surface area contributed by atoms with Crippen molar-refractivity contribution in [2.75, 3.05) is 5.32 Å². The van der Waals surface area contributed by atoms with Gasteiger partial charge in [0.2, 0.25) is 0 Å². The highest BCUT2D eigenvalue weighted by Crippen LogP contribution is 2.33. The summed E-state index contributed by atoms with van der Waals surface area (Å²) in [7, 11) is 0. The van der Waals surface area contributed by atoms with Crippen molar-refractivity contribution in [2.24, 2.45) is 4.99 Å². The molecule has 1 unspecified atom stereocenters. The first-order valence-electron chi connectivity index (χ1n) is 9.60. The van der Waals surface area contributed by atoms with Gasteiger partial charge in [0.05, 0.1) is 4.70 Å². The third-order valence-electron chi connectivity index (χ3n) is 4.97. The maximum atomic E-state index is 10.9. The van der Waals surface area contributed by atoms with Gasteiger partial charge >= 0.3 is 5.97 Å². The molecule has 0 saturated carbocycles. The number of nitrogens with one attached hydrogen (secondary N) is 1. The lowest BCUT2D eigenvalue weighted by Gasteiger charge is -2.12. The summed E-state index contributed by atoms with van der Waals surface area (Å²) in [4.78, 5) is 15.0. The van der Waals surface area contributed by atoms with Crippen LogP contribution in [0, 0.1) is 6.92 Å². The third-order valence-corrected chi connectivity index (χ3v) is 5.78. The Morgan fingerprint density at radius 3 is 2.70 bits per heavy atom. The predicted molar refractivity (Wildman–Crippen MR) is 124 cm³/mol. The second-order valence-electron chi connectivity index (χ2n) is 7.05. The van der Waals surface area contributed by atoms with E-state index in [1.165, 1.54) is 22.7 Å². The summed E-state index contributed by atoms with van der Waals surface area (Å²) < 4.78 is 5.61. The molecule has 0 aliphatic heterocycles. The number of benzene rings is 3. The quantitative estimate of drug-likeness (QED) is 0.384. The first-order chi connectivity index (χ1) is 14.5. The zero-order chi connectivity index (χ0) is 21.1. The van der Waals surface area contributed by atoms with Gasteiger partial charge in [-0.05, 0) is 65.8 Å². The van der Waals surface area contributed by atoms with Gasteiger partial charge in [0, 0.05) is 17.3 Å². The molecule has 0 saturated heterocycles. The predicted octanol–water partition coefficient (Wildman–Crippen LogP) is 5.91. The van der Waals surface area contributed by atoms with Crippen molar-refractivity contribution >= 4 is 45.3 Å². The molecule has 4 aromatic rings. The Labute approximate surface area is 178 Å². The molecule has 1 heterocycles. The molecule has 2 N–H and O–H groups in total. The van der Waals surface area contributed by atoms with Crippen molar-refractivity contribution in [1.82, 2.24) is 4.37 Å². The number of carbonyl (C=O) groups is 1. The van der Waals surface area contributed by atoms with Gasteiger partial charge in [0.1, 0.15) is 6.04 Å². The fourth-order valence-electron chi connectivity index (χ4n) is 3.22. The number of aliphatic imine (C=N–C) groups is 1. The van der Waals surface area contributed by atoms with E-state index in [-0.39, 0.29) is 0 Å². The number of hydrogen-bond acceptors (Lipinski definition) is 5. The van der Waals surface area contributed by atoms with Gasteiger partial charge in [-0.25, -0.2) is 4.79 Å². The Morgan fingerprint density at radius 2 is 1.93 bits per heavy atom. The smallest absolute Gasteiger partial charge is 0.328 e. The van der Waals surface area contributed by atoms with Crippen LogP contribution in [0.4, 0.5) is 11.5 Å². The summed E-state index contributed by atoms with van der Waals surface area (Å²) >= 11 is 1.40. The van der Waals surface area contributed by atoms with Gasteiger partial charge in [-0.3, -0.25) is 4.99 Å². The molecule has 0 bridgehead atoms. The first kappa shape index (κ1) is 19.8. The van der Waals surface area contributed by atoms with E-state index in [2.05, 4.69) is 45.9 Å². The average molecular weight is 416 g/mol. The molecule has 1 atom stereocenters. The highest BCUT2D eigenvalue weighted by Gasteiger charge is 2.11. The minimum atomic E-state index is -0.940. The van der Waals surface area contributed by atoms with Gasteiger partial charge in [0.25, 0.3) is 0 Å². The highest BCUT2D eigenvalue weighted by atomic mass is 32.1. The number of carboxylic acid groups (broad SMARTS) is 1. The molecule has 4 rings (SSSR count). The Morgan fingerprint density at radius 1 is 1.13 bits per heavy atom. The van der Waals surface area contributed by atoms with E-state index >= 15 is 0 Å². The Kier molecular flexibility index (Phi) is 5.59. The van der Waals surface area contributed by atoms with Crippen molar-refractivity contribution in [3.8, 4) is 11.1 Å². The van der Waals surface area contributed by atoms with Crippen molar-refractivity contribution in [2.45, 2.75) is 19.9 Å². The van der Waals surface area contributed by atoms with Crippen molar-refractivity contribution in [3.63, 3.8) is 0 Å². The van der Waals surface area contributed by atoms with Crippen LogP contribution in [0.25, 0.3) is 21.2 Å². The molecule has 0 aliphatic carbocycles. The summed E-state index contributed by atoms with van der Waals surface area (Å²) in [5.74, 6) is -0.129. The van der Waals surface area contributed by atoms with Gasteiger partial charge in [0.15, 0.2) is 5.82 Å². The van der Waals surface area contributed by atoms with E-state index in [0.717, 1.165) is 32.7 Å². The van der Waals surface area contributed by atoms with Crippen LogP contribution in [-0.4, -0.2) is 27.7 Å². The maximum absolute atomic E-state index is 10.9. The van der Waals surface area contributed by atoms with Gasteiger partial charge in [-0.15, -0.1) is 0 Å². The summed E-state index contributed by atoms with van der Waals surface area (Å²) in [6, 6.07) is 21.7.